The molecule has 0 bridgehead atoms. The van der Waals surface area contributed by atoms with Crippen molar-refractivity contribution in [3.8, 4) is 0 Å². The summed E-state index contributed by atoms with van der Waals surface area (Å²) < 4.78 is 0. The van der Waals surface area contributed by atoms with E-state index in [0.717, 1.165) is 30.5 Å². The molecule has 1 atom stereocenters. The Labute approximate surface area is 248 Å². The lowest BCUT2D eigenvalue weighted by molar-refractivity contribution is -0.145. The normalized spacial score (nSPS) is 17.5. The van der Waals surface area contributed by atoms with Crippen LogP contribution in [0.4, 0.5) is 5.69 Å². The summed E-state index contributed by atoms with van der Waals surface area (Å²) >= 11 is 12.2. The fourth-order valence-electron chi connectivity index (χ4n) is 5.90. The molecule has 2 aliphatic carbocycles. The van der Waals surface area contributed by atoms with Crippen molar-refractivity contribution in [3.63, 3.8) is 0 Å². The number of anilines is 1. The number of carbonyl (C=O) groups excluding carboxylic acids is 2. The van der Waals surface area contributed by atoms with Crippen LogP contribution in [-0.2, 0) is 16.0 Å². The van der Waals surface area contributed by atoms with Crippen LogP contribution in [0.25, 0.3) is 5.57 Å². The Morgan fingerprint density at radius 1 is 1.00 bits per heavy atom. The number of halogens is 2. The molecule has 0 radical (unpaired) electrons. The summed E-state index contributed by atoms with van der Waals surface area (Å²) in [5, 5.41) is 17.0. The highest BCUT2D eigenvalue weighted by Crippen LogP contribution is 2.55. The quantitative estimate of drug-likeness (QED) is 0.265. The number of carboxylic acids is 1. The molecule has 5 rings (SSSR count). The molecule has 1 amide bonds. The van der Waals surface area contributed by atoms with Gasteiger partial charge in [0.15, 0.2) is 5.78 Å². The molecule has 0 aliphatic heterocycles. The minimum Gasteiger partial charge on any atom is -0.479 e. The van der Waals surface area contributed by atoms with Gasteiger partial charge in [-0.15, -0.1) is 0 Å². The van der Waals surface area contributed by atoms with Crippen molar-refractivity contribution in [1.29, 1.82) is 0 Å². The lowest BCUT2D eigenvalue weighted by Crippen LogP contribution is -2.60. The van der Waals surface area contributed by atoms with Crippen LogP contribution in [0.2, 0.25) is 10.0 Å². The highest BCUT2D eigenvalue weighted by atomic mass is 35.5. The summed E-state index contributed by atoms with van der Waals surface area (Å²) in [6, 6.07) is 10.6. The van der Waals surface area contributed by atoms with Crippen molar-refractivity contribution < 1.29 is 19.5 Å². The molecule has 3 aromatic rings. The summed E-state index contributed by atoms with van der Waals surface area (Å²) in [5.74, 6) is -1.41. The molecule has 0 saturated heterocycles. The number of aliphatic carboxylic acids is 1. The van der Waals surface area contributed by atoms with Gasteiger partial charge < -0.3 is 15.7 Å². The van der Waals surface area contributed by atoms with Gasteiger partial charge in [-0.25, -0.2) is 4.79 Å². The number of amides is 1. The van der Waals surface area contributed by atoms with Crippen LogP contribution in [0.3, 0.4) is 0 Å². The minimum absolute atomic E-state index is 0.0672. The second-order valence-corrected chi connectivity index (χ2v) is 11.4. The van der Waals surface area contributed by atoms with E-state index in [9.17, 15) is 19.5 Å². The van der Waals surface area contributed by atoms with Crippen LogP contribution in [-0.4, -0.2) is 38.3 Å². The number of rotatable bonds is 9. The Bertz CT molecular complexity index is 1500. The summed E-state index contributed by atoms with van der Waals surface area (Å²) in [5.41, 5.74) is 1.30. The zero-order chi connectivity index (χ0) is 29.2. The maximum atomic E-state index is 13.6. The molecule has 3 N–H and O–H groups in total. The standard InChI is InChI=1S/C31H30Cl2N4O4/c1-2-31(29(40)41,15-19-8-10-21(11-9-19)36-28(39)25-22(32)17-35-18-23(25)33)37-26-24(20-7-6-14-34-16-20)27(38)30(26)12-4-3-5-13-30/h6-11,14,16-18,37H,2-5,12-13,15H2,1H3,(H,36,39)(H,40,41)/t31-/m0/s1. The van der Waals surface area contributed by atoms with Gasteiger partial charge in [-0.1, -0.05) is 67.6 Å². The smallest absolute Gasteiger partial charge is 0.329 e. The molecular formula is C31H30Cl2N4O4. The van der Waals surface area contributed by atoms with E-state index >= 15 is 0 Å². The Morgan fingerprint density at radius 2 is 1.68 bits per heavy atom. The van der Waals surface area contributed by atoms with E-state index in [0.29, 0.717) is 29.7 Å². The number of carboxylic acid groups (broad SMARTS) is 1. The van der Waals surface area contributed by atoms with Gasteiger partial charge in [-0.2, -0.15) is 0 Å². The summed E-state index contributed by atoms with van der Waals surface area (Å²) in [7, 11) is 0. The largest absolute Gasteiger partial charge is 0.479 e. The average Bonchev–Trinajstić information content (AvgIpc) is 2.98. The van der Waals surface area contributed by atoms with Gasteiger partial charge in [0, 0.05) is 53.7 Å². The molecule has 2 aromatic heterocycles. The number of ketones is 1. The Hall–Kier alpha value is -3.75. The summed E-state index contributed by atoms with van der Waals surface area (Å²) in [6.07, 6.45) is 10.8. The van der Waals surface area contributed by atoms with Crippen LogP contribution >= 0.6 is 23.2 Å². The molecule has 2 heterocycles. The summed E-state index contributed by atoms with van der Waals surface area (Å²) in [4.78, 5) is 47.3. The molecule has 1 fully saturated rings. The van der Waals surface area contributed by atoms with E-state index in [1.54, 1.807) is 42.7 Å². The van der Waals surface area contributed by atoms with E-state index in [1.807, 2.05) is 13.0 Å². The average molecular weight is 594 g/mol. The SMILES string of the molecule is CC[C@@](Cc1ccc(NC(=O)c2c(Cl)cncc2Cl)cc1)(NC1=C(c2cccnc2)C(=O)C12CCCCC2)C(=O)O. The van der Waals surface area contributed by atoms with E-state index in [4.69, 9.17) is 23.2 Å². The maximum Gasteiger partial charge on any atom is 0.329 e. The minimum atomic E-state index is -1.35. The third-order valence-corrected chi connectivity index (χ3v) is 8.80. The molecule has 212 valence electrons. The second-order valence-electron chi connectivity index (χ2n) is 10.6. The molecule has 10 heteroatoms. The van der Waals surface area contributed by atoms with Gasteiger partial charge in [0.2, 0.25) is 0 Å². The Morgan fingerprint density at radius 3 is 2.27 bits per heavy atom. The number of hydrogen-bond donors (Lipinski definition) is 3. The molecule has 1 spiro atoms. The number of nitrogens with one attached hydrogen (secondary N) is 2. The highest BCUT2D eigenvalue weighted by Gasteiger charge is 2.56. The second kappa shape index (κ2) is 11.6. The first-order valence-corrected chi connectivity index (χ1v) is 14.4. The van der Waals surface area contributed by atoms with Crippen molar-refractivity contribution >= 4 is 52.1 Å². The monoisotopic (exact) mass is 592 g/mol. The molecule has 1 aromatic carbocycles. The third kappa shape index (κ3) is 5.34. The zero-order valence-corrected chi connectivity index (χ0v) is 24.1. The molecule has 41 heavy (non-hydrogen) atoms. The number of allylic oxidation sites excluding steroid dienone is 2. The van der Waals surface area contributed by atoms with Gasteiger partial charge >= 0.3 is 5.97 Å². The van der Waals surface area contributed by atoms with Crippen molar-refractivity contribution in [2.75, 3.05) is 5.32 Å². The topological polar surface area (TPSA) is 121 Å². The van der Waals surface area contributed by atoms with E-state index in [-0.39, 0.29) is 34.2 Å². The molecule has 0 unspecified atom stereocenters. The lowest BCUT2D eigenvalue weighted by atomic mass is 9.57. The molecule has 1 saturated carbocycles. The summed E-state index contributed by atoms with van der Waals surface area (Å²) in [6.45, 7) is 1.83. The maximum absolute atomic E-state index is 13.6. The van der Waals surface area contributed by atoms with Crippen LogP contribution in [0.5, 0.6) is 0 Å². The van der Waals surface area contributed by atoms with Crippen molar-refractivity contribution in [3.05, 3.63) is 93.6 Å². The van der Waals surface area contributed by atoms with E-state index in [2.05, 4.69) is 20.6 Å². The van der Waals surface area contributed by atoms with Crippen LogP contribution in [0.15, 0.2) is 66.9 Å². The van der Waals surface area contributed by atoms with Crippen molar-refractivity contribution in [2.24, 2.45) is 5.41 Å². The van der Waals surface area contributed by atoms with Gasteiger partial charge in [-0.05, 0) is 43.0 Å². The van der Waals surface area contributed by atoms with Gasteiger partial charge in [0.25, 0.3) is 5.91 Å². The lowest BCUT2D eigenvalue weighted by Gasteiger charge is -2.49. The van der Waals surface area contributed by atoms with Crippen molar-refractivity contribution in [2.45, 2.75) is 57.4 Å². The van der Waals surface area contributed by atoms with Crippen LogP contribution in [0, 0.1) is 5.41 Å². The van der Waals surface area contributed by atoms with Crippen molar-refractivity contribution in [1.82, 2.24) is 15.3 Å². The third-order valence-electron chi connectivity index (χ3n) is 8.22. The molecule has 2 aliphatic rings. The highest BCUT2D eigenvalue weighted by molar-refractivity contribution is 6.40. The Balaban J connectivity index is 1.42. The van der Waals surface area contributed by atoms with Crippen LogP contribution in [0.1, 0.15) is 66.9 Å². The first-order chi connectivity index (χ1) is 19.7. The number of Topliss-reactive ketones (excluding diaryl/α,β-unsaturated/α-hetero) is 1. The molecule has 8 nitrogen and oxygen atoms in total. The predicted octanol–water partition coefficient (Wildman–Crippen LogP) is 6.35. The number of aromatic nitrogens is 2. The number of benzene rings is 1. The van der Waals surface area contributed by atoms with Gasteiger partial charge in [-0.3, -0.25) is 19.6 Å². The van der Waals surface area contributed by atoms with E-state index < -0.39 is 22.8 Å². The Kier molecular flexibility index (Phi) is 8.16. The number of hydrogen-bond acceptors (Lipinski definition) is 6. The number of nitrogens with zero attached hydrogens (tertiary/aromatic N) is 2. The number of pyridine rings is 2. The number of carbonyl (C=O) groups is 3. The fourth-order valence-corrected chi connectivity index (χ4v) is 6.43. The van der Waals surface area contributed by atoms with Gasteiger partial charge in [0.05, 0.1) is 21.0 Å². The predicted molar refractivity (Wildman–Crippen MR) is 158 cm³/mol. The molecular weight excluding hydrogens is 563 g/mol. The zero-order valence-electron chi connectivity index (χ0n) is 22.5. The first kappa shape index (κ1) is 28.8. The van der Waals surface area contributed by atoms with Crippen LogP contribution < -0.4 is 10.6 Å². The first-order valence-electron chi connectivity index (χ1n) is 13.6. The fraction of sp³-hybridized carbons (Fsp3) is 0.323. The van der Waals surface area contributed by atoms with Gasteiger partial charge in [0.1, 0.15) is 5.54 Å². The van der Waals surface area contributed by atoms with E-state index in [1.165, 1.54) is 12.4 Å².